The summed E-state index contributed by atoms with van der Waals surface area (Å²) in [6.07, 6.45) is 0. The van der Waals surface area contributed by atoms with E-state index in [1.807, 2.05) is 51.1 Å². The lowest BCUT2D eigenvalue weighted by molar-refractivity contribution is 0.417. The number of hydrazone groups is 1. The Morgan fingerprint density at radius 3 is 2.64 bits per heavy atom. The Kier molecular flexibility index (Phi) is 5.16. The van der Waals surface area contributed by atoms with Crippen LogP contribution in [0.1, 0.15) is 24.0 Å². The van der Waals surface area contributed by atoms with Crippen LogP contribution in [0.25, 0.3) is 0 Å². The van der Waals surface area contributed by atoms with Crippen LogP contribution in [0.5, 0.6) is 5.75 Å². The quantitative estimate of drug-likeness (QED) is 0.512. The fourth-order valence-electron chi connectivity index (χ4n) is 2.08. The van der Waals surface area contributed by atoms with Crippen LogP contribution in [0.15, 0.2) is 39.9 Å². The molecule has 22 heavy (non-hydrogen) atoms. The Labute approximate surface area is 135 Å². The topological polar surface area (TPSA) is 58.8 Å². The normalized spacial score (nSPS) is 11.2. The van der Waals surface area contributed by atoms with Crippen LogP contribution in [0.3, 0.4) is 0 Å². The second-order valence-corrected chi connectivity index (χ2v) is 5.20. The monoisotopic (exact) mass is 317 g/mol. The molecule has 5 nitrogen and oxygen atoms in total. The summed E-state index contributed by atoms with van der Waals surface area (Å²) in [6.45, 7) is 5.72. The van der Waals surface area contributed by atoms with E-state index in [4.69, 9.17) is 21.4 Å². The summed E-state index contributed by atoms with van der Waals surface area (Å²) in [5.74, 6) is 2.41. The van der Waals surface area contributed by atoms with E-state index in [9.17, 15) is 0 Å². The van der Waals surface area contributed by atoms with Crippen molar-refractivity contribution < 1.29 is 9.15 Å². The summed E-state index contributed by atoms with van der Waals surface area (Å²) < 4.78 is 10.8. The second kappa shape index (κ2) is 7.09. The number of hydrogen-bond donors (Lipinski definition) is 2. The Balaban J connectivity index is 2.03. The SMILES string of the molecule is COc1ccccc1NC(=S)N/N=C(/C)c1cc(C)oc1C. The maximum absolute atomic E-state index is 5.49. The molecule has 1 aromatic carbocycles. The van der Waals surface area contributed by atoms with E-state index in [-0.39, 0.29) is 0 Å². The van der Waals surface area contributed by atoms with Crippen LogP contribution in [0.2, 0.25) is 0 Å². The molecule has 1 heterocycles. The molecule has 0 bridgehead atoms. The van der Waals surface area contributed by atoms with E-state index in [2.05, 4.69) is 15.8 Å². The summed E-state index contributed by atoms with van der Waals surface area (Å²) in [7, 11) is 1.61. The van der Waals surface area contributed by atoms with E-state index in [1.165, 1.54) is 0 Å². The minimum Gasteiger partial charge on any atom is -0.495 e. The van der Waals surface area contributed by atoms with Gasteiger partial charge in [0.2, 0.25) is 0 Å². The number of nitrogens with one attached hydrogen (secondary N) is 2. The summed E-state index contributed by atoms with van der Waals surface area (Å²) in [6, 6.07) is 9.49. The number of nitrogens with zero attached hydrogens (tertiary/aromatic N) is 1. The van der Waals surface area contributed by atoms with Crippen molar-refractivity contribution in [1.29, 1.82) is 0 Å². The van der Waals surface area contributed by atoms with Crippen LogP contribution in [-0.2, 0) is 0 Å². The molecule has 0 aliphatic heterocycles. The maximum atomic E-state index is 5.49. The van der Waals surface area contributed by atoms with E-state index >= 15 is 0 Å². The zero-order valence-electron chi connectivity index (χ0n) is 13.1. The molecule has 0 atom stereocenters. The maximum Gasteiger partial charge on any atom is 0.191 e. The number of ether oxygens (including phenoxy) is 1. The van der Waals surface area contributed by atoms with Gasteiger partial charge in [0, 0.05) is 5.56 Å². The Morgan fingerprint density at radius 2 is 2.00 bits per heavy atom. The van der Waals surface area contributed by atoms with Crippen LogP contribution < -0.4 is 15.5 Å². The van der Waals surface area contributed by atoms with Gasteiger partial charge < -0.3 is 14.5 Å². The van der Waals surface area contributed by atoms with Crippen LogP contribution in [0.4, 0.5) is 5.69 Å². The van der Waals surface area contributed by atoms with Gasteiger partial charge in [0.15, 0.2) is 5.11 Å². The third-order valence-corrected chi connectivity index (χ3v) is 3.30. The number of furan rings is 1. The van der Waals surface area contributed by atoms with Crippen molar-refractivity contribution in [3.63, 3.8) is 0 Å². The molecule has 0 unspecified atom stereocenters. The van der Waals surface area contributed by atoms with Gasteiger partial charge in [0.05, 0.1) is 18.5 Å². The van der Waals surface area contributed by atoms with Gasteiger partial charge in [-0.15, -0.1) is 0 Å². The third-order valence-electron chi connectivity index (χ3n) is 3.11. The molecule has 116 valence electrons. The van der Waals surface area contributed by atoms with Crippen LogP contribution >= 0.6 is 12.2 Å². The van der Waals surface area contributed by atoms with Gasteiger partial charge in [-0.1, -0.05) is 12.1 Å². The van der Waals surface area contributed by atoms with Gasteiger partial charge in [-0.3, -0.25) is 5.43 Å². The van der Waals surface area contributed by atoms with Gasteiger partial charge in [0.1, 0.15) is 17.3 Å². The Morgan fingerprint density at radius 1 is 1.27 bits per heavy atom. The summed E-state index contributed by atoms with van der Waals surface area (Å²) >= 11 is 5.24. The first-order valence-electron chi connectivity index (χ1n) is 6.83. The zero-order chi connectivity index (χ0) is 16.1. The van der Waals surface area contributed by atoms with Crippen LogP contribution in [-0.4, -0.2) is 17.9 Å². The molecule has 0 aliphatic carbocycles. The molecule has 2 rings (SSSR count). The van der Waals surface area contributed by atoms with E-state index in [0.29, 0.717) is 10.9 Å². The number of thiocarbonyl (C=S) groups is 1. The minimum absolute atomic E-state index is 0.390. The molecule has 0 saturated carbocycles. The molecular formula is C16H19N3O2S. The van der Waals surface area contributed by atoms with Crippen molar-refractivity contribution in [2.45, 2.75) is 20.8 Å². The first-order chi connectivity index (χ1) is 10.5. The fourth-order valence-corrected chi connectivity index (χ4v) is 2.24. The number of aryl methyl sites for hydroxylation is 2. The van der Waals surface area contributed by atoms with Crippen molar-refractivity contribution in [2.75, 3.05) is 12.4 Å². The highest BCUT2D eigenvalue weighted by molar-refractivity contribution is 7.80. The van der Waals surface area contributed by atoms with Gasteiger partial charge >= 0.3 is 0 Å². The van der Waals surface area contributed by atoms with Gasteiger partial charge in [-0.25, -0.2) is 0 Å². The Hall–Kier alpha value is -2.34. The predicted octanol–water partition coefficient (Wildman–Crippen LogP) is 3.62. The van der Waals surface area contributed by atoms with Crippen molar-refractivity contribution in [3.05, 3.63) is 47.4 Å². The molecule has 2 aromatic rings. The lowest BCUT2D eigenvalue weighted by Crippen LogP contribution is -2.25. The number of hydrogen-bond acceptors (Lipinski definition) is 4. The van der Waals surface area contributed by atoms with Crippen molar-refractivity contribution in [3.8, 4) is 5.75 Å². The van der Waals surface area contributed by atoms with E-state index in [0.717, 1.165) is 28.5 Å². The summed E-state index contributed by atoms with van der Waals surface area (Å²) in [4.78, 5) is 0. The number of rotatable bonds is 4. The highest BCUT2D eigenvalue weighted by Crippen LogP contribution is 2.22. The van der Waals surface area contributed by atoms with Gasteiger partial charge in [0.25, 0.3) is 0 Å². The molecule has 0 fully saturated rings. The first kappa shape index (κ1) is 16.0. The average Bonchev–Trinajstić information content (AvgIpc) is 2.84. The number of anilines is 1. The second-order valence-electron chi connectivity index (χ2n) is 4.79. The standard InChI is InChI=1S/C16H19N3O2S/c1-10-9-13(12(3)21-10)11(2)18-19-16(22)17-14-7-5-6-8-15(14)20-4/h5-9H,1-4H3,(H2,17,19,22)/b18-11-. The number of benzene rings is 1. The molecular weight excluding hydrogens is 298 g/mol. The van der Waals surface area contributed by atoms with Gasteiger partial charge in [-0.05, 0) is 51.2 Å². The zero-order valence-corrected chi connectivity index (χ0v) is 13.9. The molecule has 0 radical (unpaired) electrons. The fraction of sp³-hybridized carbons (Fsp3) is 0.250. The molecule has 0 saturated heterocycles. The molecule has 0 amide bonds. The molecule has 0 spiro atoms. The average molecular weight is 317 g/mol. The van der Waals surface area contributed by atoms with Crippen molar-refractivity contribution in [1.82, 2.24) is 5.43 Å². The summed E-state index contributed by atoms with van der Waals surface area (Å²) in [5, 5.41) is 7.73. The Bertz CT molecular complexity index is 707. The number of para-hydroxylation sites is 2. The van der Waals surface area contributed by atoms with E-state index < -0.39 is 0 Å². The minimum atomic E-state index is 0.390. The van der Waals surface area contributed by atoms with E-state index in [1.54, 1.807) is 7.11 Å². The smallest absolute Gasteiger partial charge is 0.191 e. The predicted molar refractivity (Wildman–Crippen MR) is 92.7 cm³/mol. The van der Waals surface area contributed by atoms with Crippen molar-refractivity contribution in [2.24, 2.45) is 5.10 Å². The number of methoxy groups -OCH3 is 1. The largest absolute Gasteiger partial charge is 0.495 e. The van der Waals surface area contributed by atoms with Gasteiger partial charge in [-0.2, -0.15) is 5.10 Å². The molecule has 6 heteroatoms. The summed E-state index contributed by atoms with van der Waals surface area (Å²) in [5.41, 5.74) is 5.38. The molecule has 0 aliphatic rings. The van der Waals surface area contributed by atoms with Crippen LogP contribution in [0, 0.1) is 13.8 Å². The first-order valence-corrected chi connectivity index (χ1v) is 7.23. The molecule has 1 aromatic heterocycles. The molecule has 2 N–H and O–H groups in total. The third kappa shape index (κ3) is 3.85. The lowest BCUT2D eigenvalue weighted by Gasteiger charge is -2.11. The van der Waals surface area contributed by atoms with Crippen molar-refractivity contribution >= 4 is 28.7 Å². The highest BCUT2D eigenvalue weighted by Gasteiger charge is 2.08. The lowest BCUT2D eigenvalue weighted by atomic mass is 10.2. The highest BCUT2D eigenvalue weighted by atomic mass is 32.1.